The molecular formula is C9H13ClN4O2. The van der Waals surface area contributed by atoms with E-state index in [-0.39, 0.29) is 23.7 Å². The average molecular weight is 245 g/mol. The molecular weight excluding hydrogens is 232 g/mol. The molecule has 0 bridgehead atoms. The summed E-state index contributed by atoms with van der Waals surface area (Å²) in [5, 5.41) is 21.4. The molecule has 2 rings (SSSR count). The van der Waals surface area contributed by atoms with Crippen molar-refractivity contribution in [2.75, 3.05) is 17.7 Å². The van der Waals surface area contributed by atoms with Crippen LogP contribution in [0.1, 0.15) is 6.42 Å². The van der Waals surface area contributed by atoms with Crippen molar-refractivity contribution >= 4 is 23.1 Å². The first-order chi connectivity index (χ1) is 7.63. The van der Waals surface area contributed by atoms with Crippen LogP contribution in [0.3, 0.4) is 0 Å². The quantitative estimate of drug-likeness (QED) is 0.550. The van der Waals surface area contributed by atoms with Crippen LogP contribution in [0.5, 0.6) is 0 Å². The number of hydrogen-bond donors (Lipinski definition) is 4. The highest BCUT2D eigenvalue weighted by Crippen LogP contribution is 2.37. The van der Waals surface area contributed by atoms with Gasteiger partial charge in [-0.2, -0.15) is 0 Å². The standard InChI is InChI=1S/C9H13ClN4O2/c10-8-7(11)9(13-3-12-8)14-5-1-4(5)6(16)2-15/h3-6,15-16H,1-2,11H2,(H,12,13,14). The molecule has 1 fully saturated rings. The topological polar surface area (TPSA) is 104 Å². The number of nitrogen functional groups attached to an aromatic ring is 1. The first-order valence-corrected chi connectivity index (χ1v) is 5.32. The normalized spacial score (nSPS) is 25.2. The van der Waals surface area contributed by atoms with Crippen molar-refractivity contribution in [3.05, 3.63) is 11.5 Å². The molecule has 5 N–H and O–H groups in total. The van der Waals surface area contributed by atoms with Crippen LogP contribution in [0.4, 0.5) is 11.5 Å². The maximum Gasteiger partial charge on any atom is 0.157 e. The van der Waals surface area contributed by atoms with E-state index in [9.17, 15) is 5.11 Å². The number of hydrogen-bond acceptors (Lipinski definition) is 6. The highest BCUT2D eigenvalue weighted by atomic mass is 35.5. The van der Waals surface area contributed by atoms with E-state index in [0.29, 0.717) is 11.5 Å². The smallest absolute Gasteiger partial charge is 0.157 e. The van der Waals surface area contributed by atoms with Gasteiger partial charge >= 0.3 is 0 Å². The van der Waals surface area contributed by atoms with E-state index in [1.54, 1.807) is 0 Å². The Bertz CT molecular complexity index is 390. The number of aromatic nitrogens is 2. The van der Waals surface area contributed by atoms with Gasteiger partial charge in [-0.25, -0.2) is 9.97 Å². The second kappa shape index (κ2) is 4.40. The molecule has 0 spiro atoms. The number of nitrogens with two attached hydrogens (primary N) is 1. The average Bonchev–Trinajstić information content (AvgIpc) is 3.03. The van der Waals surface area contributed by atoms with E-state index in [0.717, 1.165) is 6.42 Å². The third kappa shape index (κ3) is 2.18. The van der Waals surface area contributed by atoms with Gasteiger partial charge in [0.1, 0.15) is 12.0 Å². The third-order valence-corrected chi connectivity index (χ3v) is 2.98. The Morgan fingerprint density at radius 2 is 2.38 bits per heavy atom. The molecule has 16 heavy (non-hydrogen) atoms. The number of halogens is 1. The van der Waals surface area contributed by atoms with Gasteiger partial charge in [0.2, 0.25) is 0 Å². The van der Waals surface area contributed by atoms with Gasteiger partial charge in [0, 0.05) is 12.0 Å². The third-order valence-electron chi connectivity index (χ3n) is 2.68. The van der Waals surface area contributed by atoms with E-state index >= 15 is 0 Å². The second-order valence-corrected chi connectivity index (χ2v) is 4.19. The molecule has 0 radical (unpaired) electrons. The Morgan fingerprint density at radius 3 is 3.06 bits per heavy atom. The van der Waals surface area contributed by atoms with Gasteiger partial charge in [0.25, 0.3) is 0 Å². The molecule has 1 heterocycles. The summed E-state index contributed by atoms with van der Waals surface area (Å²) in [5.41, 5.74) is 5.98. The first-order valence-electron chi connectivity index (χ1n) is 4.95. The van der Waals surface area contributed by atoms with Crippen LogP contribution in [0.2, 0.25) is 5.15 Å². The fraction of sp³-hybridized carbons (Fsp3) is 0.556. The monoisotopic (exact) mass is 244 g/mol. The fourth-order valence-corrected chi connectivity index (χ4v) is 1.74. The molecule has 1 aromatic heterocycles. The van der Waals surface area contributed by atoms with Crippen LogP contribution in [0, 0.1) is 5.92 Å². The molecule has 1 aliphatic rings. The SMILES string of the molecule is Nc1c(Cl)ncnc1NC1CC1C(O)CO. The van der Waals surface area contributed by atoms with Gasteiger partial charge in [0.15, 0.2) is 11.0 Å². The minimum absolute atomic E-state index is 0.0399. The van der Waals surface area contributed by atoms with Crippen LogP contribution >= 0.6 is 11.6 Å². The zero-order valence-corrected chi connectivity index (χ0v) is 9.22. The van der Waals surface area contributed by atoms with Gasteiger partial charge in [-0.1, -0.05) is 11.6 Å². The van der Waals surface area contributed by atoms with Gasteiger partial charge in [0.05, 0.1) is 12.7 Å². The number of anilines is 2. The lowest BCUT2D eigenvalue weighted by atomic mass is 10.2. The van der Waals surface area contributed by atoms with Crippen LogP contribution < -0.4 is 11.1 Å². The molecule has 88 valence electrons. The van der Waals surface area contributed by atoms with Crippen molar-refractivity contribution in [1.82, 2.24) is 9.97 Å². The molecule has 1 saturated carbocycles. The summed E-state index contributed by atoms with van der Waals surface area (Å²) < 4.78 is 0. The van der Waals surface area contributed by atoms with Gasteiger partial charge < -0.3 is 21.3 Å². The van der Waals surface area contributed by atoms with Crippen LogP contribution in [-0.2, 0) is 0 Å². The van der Waals surface area contributed by atoms with Crippen molar-refractivity contribution in [3.8, 4) is 0 Å². The predicted octanol–water partition coefficient (Wildman–Crippen LogP) is -0.134. The maximum absolute atomic E-state index is 9.39. The summed E-state index contributed by atoms with van der Waals surface area (Å²) in [5.74, 6) is 0.510. The van der Waals surface area contributed by atoms with Crippen molar-refractivity contribution in [2.24, 2.45) is 5.92 Å². The number of aliphatic hydroxyl groups excluding tert-OH is 2. The minimum Gasteiger partial charge on any atom is -0.394 e. The molecule has 0 saturated heterocycles. The number of rotatable bonds is 4. The molecule has 0 aliphatic heterocycles. The predicted molar refractivity (Wildman–Crippen MR) is 60.1 cm³/mol. The highest BCUT2D eigenvalue weighted by molar-refractivity contribution is 6.32. The molecule has 6 nitrogen and oxygen atoms in total. The summed E-state index contributed by atoms with van der Waals surface area (Å²) in [7, 11) is 0. The Labute approximate surface area is 97.5 Å². The fourth-order valence-electron chi connectivity index (χ4n) is 1.61. The summed E-state index contributed by atoms with van der Waals surface area (Å²) in [6, 6.07) is 0.0791. The summed E-state index contributed by atoms with van der Waals surface area (Å²) in [6.45, 7) is -0.233. The highest BCUT2D eigenvalue weighted by Gasteiger charge is 2.42. The van der Waals surface area contributed by atoms with Crippen molar-refractivity contribution in [3.63, 3.8) is 0 Å². The molecule has 1 aliphatic carbocycles. The molecule has 0 aromatic carbocycles. The van der Waals surface area contributed by atoms with Crippen LogP contribution in [0.15, 0.2) is 6.33 Å². The van der Waals surface area contributed by atoms with E-state index in [1.807, 2.05) is 0 Å². The largest absolute Gasteiger partial charge is 0.394 e. The lowest BCUT2D eigenvalue weighted by Crippen LogP contribution is -2.20. The van der Waals surface area contributed by atoms with Crippen molar-refractivity contribution < 1.29 is 10.2 Å². The number of aliphatic hydroxyl groups is 2. The molecule has 3 atom stereocenters. The molecule has 0 amide bonds. The lowest BCUT2D eigenvalue weighted by molar-refractivity contribution is 0.0772. The number of nitrogens with one attached hydrogen (secondary N) is 1. The van der Waals surface area contributed by atoms with E-state index < -0.39 is 6.10 Å². The Hall–Kier alpha value is -1.11. The van der Waals surface area contributed by atoms with E-state index in [4.69, 9.17) is 22.4 Å². The molecule has 7 heteroatoms. The summed E-state index contributed by atoms with van der Waals surface area (Å²) in [6.07, 6.45) is 1.40. The zero-order valence-electron chi connectivity index (χ0n) is 8.47. The molecule has 1 aromatic rings. The van der Waals surface area contributed by atoms with Gasteiger partial charge in [-0.3, -0.25) is 0 Å². The minimum atomic E-state index is -0.698. The summed E-state index contributed by atoms with van der Waals surface area (Å²) >= 11 is 5.74. The second-order valence-electron chi connectivity index (χ2n) is 3.83. The Balaban J connectivity index is 1.99. The van der Waals surface area contributed by atoms with Crippen molar-refractivity contribution in [1.29, 1.82) is 0 Å². The van der Waals surface area contributed by atoms with Crippen molar-refractivity contribution in [2.45, 2.75) is 18.6 Å². The Kier molecular flexibility index (Phi) is 3.13. The summed E-state index contributed by atoms with van der Waals surface area (Å²) in [4.78, 5) is 7.70. The first kappa shape index (κ1) is 11.4. The van der Waals surface area contributed by atoms with Crippen LogP contribution in [0.25, 0.3) is 0 Å². The zero-order chi connectivity index (χ0) is 11.7. The number of nitrogens with zero attached hydrogens (tertiary/aromatic N) is 2. The van der Waals surface area contributed by atoms with Gasteiger partial charge in [-0.05, 0) is 6.42 Å². The Morgan fingerprint density at radius 1 is 1.62 bits per heavy atom. The van der Waals surface area contributed by atoms with Gasteiger partial charge in [-0.15, -0.1) is 0 Å². The van der Waals surface area contributed by atoms with E-state index in [2.05, 4.69) is 15.3 Å². The van der Waals surface area contributed by atoms with Crippen LogP contribution in [-0.4, -0.2) is 38.9 Å². The lowest BCUT2D eigenvalue weighted by Gasteiger charge is -2.09. The maximum atomic E-state index is 9.39. The van der Waals surface area contributed by atoms with E-state index in [1.165, 1.54) is 6.33 Å². The molecule has 3 unspecified atom stereocenters.